The van der Waals surface area contributed by atoms with E-state index in [4.69, 9.17) is 10.5 Å². The Balaban J connectivity index is 2.21. The van der Waals surface area contributed by atoms with Crippen molar-refractivity contribution in [2.45, 2.75) is 25.1 Å². The highest BCUT2D eigenvalue weighted by Gasteiger charge is 2.25. The normalized spacial score (nSPS) is 13.6. The van der Waals surface area contributed by atoms with Gasteiger partial charge in [-0.3, -0.25) is 0 Å². The van der Waals surface area contributed by atoms with Crippen molar-refractivity contribution in [3.05, 3.63) is 29.8 Å². The number of benzene rings is 1. The molecule has 0 aliphatic carbocycles. The monoisotopic (exact) mass is 263 g/mol. The molecule has 3 nitrogen and oxygen atoms in total. The smallest absolute Gasteiger partial charge is 0.389 e. The summed E-state index contributed by atoms with van der Waals surface area (Å²) in [7, 11) is 0. The number of hydrogen-bond acceptors (Lipinski definition) is 3. The van der Waals surface area contributed by atoms with Crippen molar-refractivity contribution in [1.82, 2.24) is 0 Å². The minimum Gasteiger partial charge on any atom is -0.399 e. The Bertz CT molecular complexity index is 351. The number of alkyl halides is 3. The molecule has 0 heterocycles. The third-order valence-corrected chi connectivity index (χ3v) is 2.35. The molecule has 3 N–H and O–H groups in total. The van der Waals surface area contributed by atoms with Crippen LogP contribution in [0.2, 0.25) is 0 Å². The van der Waals surface area contributed by atoms with Gasteiger partial charge in [0.25, 0.3) is 0 Å². The lowest BCUT2D eigenvalue weighted by molar-refractivity contribution is -0.138. The fourth-order valence-corrected chi connectivity index (χ4v) is 1.38. The molecular weight excluding hydrogens is 247 g/mol. The minimum atomic E-state index is -4.15. The largest absolute Gasteiger partial charge is 0.399 e. The van der Waals surface area contributed by atoms with Gasteiger partial charge in [0.15, 0.2) is 0 Å². The predicted molar refractivity (Wildman–Crippen MR) is 61.9 cm³/mol. The molecule has 0 amide bonds. The van der Waals surface area contributed by atoms with Crippen molar-refractivity contribution in [3.63, 3.8) is 0 Å². The molecule has 0 bridgehead atoms. The molecule has 1 rings (SSSR count). The van der Waals surface area contributed by atoms with E-state index in [9.17, 15) is 18.3 Å². The zero-order valence-electron chi connectivity index (χ0n) is 9.78. The van der Waals surface area contributed by atoms with Crippen molar-refractivity contribution >= 4 is 5.69 Å². The van der Waals surface area contributed by atoms with Crippen molar-refractivity contribution in [2.24, 2.45) is 0 Å². The Morgan fingerprint density at radius 2 is 1.83 bits per heavy atom. The Kier molecular flexibility index (Phi) is 5.43. The van der Waals surface area contributed by atoms with E-state index in [1.54, 1.807) is 24.3 Å². The number of nitrogens with two attached hydrogens (primary N) is 1. The highest BCUT2D eigenvalue weighted by atomic mass is 19.4. The number of hydrogen-bond donors (Lipinski definition) is 2. The maximum absolute atomic E-state index is 11.8. The summed E-state index contributed by atoms with van der Waals surface area (Å²) in [6.45, 7) is -0.0483. The molecule has 102 valence electrons. The molecule has 18 heavy (non-hydrogen) atoms. The van der Waals surface area contributed by atoms with Gasteiger partial charge in [0, 0.05) is 18.7 Å². The third kappa shape index (κ3) is 5.88. The second-order valence-corrected chi connectivity index (χ2v) is 3.98. The van der Waals surface area contributed by atoms with Gasteiger partial charge in [-0.05, 0) is 24.1 Å². The van der Waals surface area contributed by atoms with Crippen molar-refractivity contribution in [1.29, 1.82) is 0 Å². The average Bonchev–Trinajstić information content (AvgIpc) is 2.27. The van der Waals surface area contributed by atoms with Crippen LogP contribution in [-0.2, 0) is 4.74 Å². The standard InChI is InChI=1S/C12H16F3NO2/c13-12(14,15)6-1-7-18-8-11(17)9-2-4-10(16)5-3-9/h2-5,11,17H,1,6-8,16H2. The summed E-state index contributed by atoms with van der Waals surface area (Å²) in [5.74, 6) is 0. The van der Waals surface area contributed by atoms with E-state index in [0.29, 0.717) is 11.3 Å². The van der Waals surface area contributed by atoms with Gasteiger partial charge in [-0.25, -0.2) is 0 Å². The number of nitrogen functional groups attached to an aromatic ring is 1. The van der Waals surface area contributed by atoms with E-state index in [0.717, 1.165) is 0 Å². The molecule has 0 aliphatic rings. The van der Waals surface area contributed by atoms with Crippen LogP contribution >= 0.6 is 0 Å². The van der Waals surface area contributed by atoms with Gasteiger partial charge in [-0.2, -0.15) is 13.2 Å². The lowest BCUT2D eigenvalue weighted by Crippen LogP contribution is -2.11. The van der Waals surface area contributed by atoms with Crippen molar-refractivity contribution in [2.75, 3.05) is 18.9 Å². The summed E-state index contributed by atoms with van der Waals surface area (Å²) >= 11 is 0. The van der Waals surface area contributed by atoms with E-state index < -0.39 is 18.7 Å². The van der Waals surface area contributed by atoms with Crippen LogP contribution < -0.4 is 5.73 Å². The van der Waals surface area contributed by atoms with Crippen LogP contribution in [-0.4, -0.2) is 24.5 Å². The van der Waals surface area contributed by atoms with Crippen LogP contribution in [0.3, 0.4) is 0 Å². The van der Waals surface area contributed by atoms with Gasteiger partial charge < -0.3 is 15.6 Å². The summed E-state index contributed by atoms with van der Waals surface area (Å²) in [5.41, 5.74) is 6.69. The Labute approximate surface area is 103 Å². The molecule has 0 saturated heterocycles. The number of halogens is 3. The zero-order chi connectivity index (χ0) is 13.6. The number of ether oxygens (including phenoxy) is 1. The topological polar surface area (TPSA) is 55.5 Å². The molecule has 0 spiro atoms. The van der Waals surface area contributed by atoms with Crippen LogP contribution in [0.15, 0.2) is 24.3 Å². The van der Waals surface area contributed by atoms with E-state index in [1.165, 1.54) is 0 Å². The Hall–Kier alpha value is -1.27. The summed E-state index contributed by atoms with van der Waals surface area (Å²) in [4.78, 5) is 0. The van der Waals surface area contributed by atoms with Gasteiger partial charge in [0.2, 0.25) is 0 Å². The quantitative estimate of drug-likeness (QED) is 0.613. The van der Waals surface area contributed by atoms with E-state index >= 15 is 0 Å². The van der Waals surface area contributed by atoms with Crippen LogP contribution in [0.25, 0.3) is 0 Å². The molecular formula is C12H16F3NO2. The summed E-state index contributed by atoms with van der Waals surface area (Å²) < 4.78 is 40.5. The molecule has 0 saturated carbocycles. The first kappa shape index (κ1) is 14.8. The number of anilines is 1. The van der Waals surface area contributed by atoms with E-state index in [1.807, 2.05) is 0 Å². The first-order valence-corrected chi connectivity index (χ1v) is 5.56. The maximum atomic E-state index is 11.8. The van der Waals surface area contributed by atoms with Gasteiger partial charge in [-0.15, -0.1) is 0 Å². The summed E-state index contributed by atoms with van der Waals surface area (Å²) in [6, 6.07) is 6.59. The maximum Gasteiger partial charge on any atom is 0.389 e. The minimum absolute atomic E-state index is 0.0223. The van der Waals surface area contributed by atoms with Crippen LogP contribution in [0, 0.1) is 0 Å². The zero-order valence-corrected chi connectivity index (χ0v) is 9.78. The fourth-order valence-electron chi connectivity index (χ4n) is 1.38. The molecule has 1 atom stereocenters. The van der Waals surface area contributed by atoms with Gasteiger partial charge in [0.05, 0.1) is 6.61 Å². The van der Waals surface area contributed by atoms with Gasteiger partial charge >= 0.3 is 6.18 Å². The van der Waals surface area contributed by atoms with Crippen molar-refractivity contribution < 1.29 is 23.0 Å². The van der Waals surface area contributed by atoms with E-state index in [2.05, 4.69) is 0 Å². The van der Waals surface area contributed by atoms with E-state index in [-0.39, 0.29) is 19.6 Å². The molecule has 6 heteroatoms. The molecule has 1 aromatic carbocycles. The Morgan fingerprint density at radius 3 is 2.39 bits per heavy atom. The molecule has 1 aromatic rings. The first-order valence-electron chi connectivity index (χ1n) is 5.56. The number of aliphatic hydroxyl groups is 1. The third-order valence-electron chi connectivity index (χ3n) is 2.35. The van der Waals surface area contributed by atoms with Gasteiger partial charge in [-0.1, -0.05) is 12.1 Å². The molecule has 0 fully saturated rings. The number of aliphatic hydroxyl groups excluding tert-OH is 1. The van der Waals surface area contributed by atoms with Crippen LogP contribution in [0.5, 0.6) is 0 Å². The number of rotatable bonds is 6. The summed E-state index contributed by atoms with van der Waals surface area (Å²) in [5, 5.41) is 9.68. The average molecular weight is 263 g/mol. The second-order valence-electron chi connectivity index (χ2n) is 3.98. The molecule has 1 unspecified atom stereocenters. The highest BCUT2D eigenvalue weighted by Crippen LogP contribution is 2.21. The Morgan fingerprint density at radius 1 is 1.22 bits per heavy atom. The SMILES string of the molecule is Nc1ccc(C(O)COCCCC(F)(F)F)cc1. The highest BCUT2D eigenvalue weighted by molar-refractivity contribution is 5.39. The molecule has 0 aliphatic heterocycles. The lowest BCUT2D eigenvalue weighted by atomic mass is 10.1. The van der Waals surface area contributed by atoms with Crippen molar-refractivity contribution in [3.8, 4) is 0 Å². The second kappa shape index (κ2) is 6.61. The fraction of sp³-hybridized carbons (Fsp3) is 0.500. The summed E-state index contributed by atoms with van der Waals surface area (Å²) in [6.07, 6.45) is -5.97. The predicted octanol–water partition coefficient (Wildman–Crippen LogP) is 2.66. The van der Waals surface area contributed by atoms with Crippen LogP contribution in [0.1, 0.15) is 24.5 Å². The van der Waals surface area contributed by atoms with Gasteiger partial charge in [0.1, 0.15) is 6.10 Å². The lowest BCUT2D eigenvalue weighted by Gasteiger charge is -2.12. The first-order chi connectivity index (χ1) is 8.38. The van der Waals surface area contributed by atoms with Crippen LogP contribution in [0.4, 0.5) is 18.9 Å². The molecule has 0 radical (unpaired) electrons. The molecule has 0 aromatic heterocycles.